The topological polar surface area (TPSA) is 24.5 Å². The van der Waals surface area contributed by atoms with Crippen LogP contribution in [0, 0.1) is 0 Å². The first kappa shape index (κ1) is 17.2. The average molecular weight is 278 g/mol. The van der Waals surface area contributed by atoms with Gasteiger partial charge in [0, 0.05) is 26.2 Å². The molecule has 1 N–H and O–H groups in total. The number of rotatable bonds is 9. The van der Waals surface area contributed by atoms with Gasteiger partial charge in [0.15, 0.2) is 0 Å². The highest BCUT2D eigenvalue weighted by Gasteiger charge is 2.12. The van der Waals surface area contributed by atoms with Crippen molar-refractivity contribution in [2.45, 2.75) is 39.3 Å². The molecule has 0 heterocycles. The molecule has 1 aromatic carbocycles. The van der Waals surface area contributed by atoms with Gasteiger partial charge in [-0.15, -0.1) is 0 Å². The number of hydrogen-bond acceptors (Lipinski definition) is 3. The molecular weight excluding hydrogens is 248 g/mol. The van der Waals surface area contributed by atoms with Gasteiger partial charge in [0.25, 0.3) is 0 Å². The lowest BCUT2D eigenvalue weighted by Crippen LogP contribution is -2.35. The first-order chi connectivity index (χ1) is 9.62. The molecule has 0 saturated heterocycles. The molecule has 0 saturated carbocycles. The van der Waals surface area contributed by atoms with Gasteiger partial charge in [-0.3, -0.25) is 4.90 Å². The summed E-state index contributed by atoms with van der Waals surface area (Å²) in [5, 5.41) is 3.23. The fraction of sp³-hybridized carbons (Fsp3) is 0.647. The zero-order valence-electron chi connectivity index (χ0n) is 13.6. The number of hydrogen-bond donors (Lipinski definition) is 1. The van der Waals surface area contributed by atoms with E-state index in [9.17, 15) is 0 Å². The van der Waals surface area contributed by atoms with Gasteiger partial charge >= 0.3 is 0 Å². The molecule has 0 aliphatic rings. The smallest absolute Gasteiger partial charge is 0.0615 e. The first-order valence-corrected chi connectivity index (χ1v) is 7.58. The summed E-state index contributed by atoms with van der Waals surface area (Å²) in [6.45, 7) is 10.5. The van der Waals surface area contributed by atoms with Crippen molar-refractivity contribution in [1.29, 1.82) is 0 Å². The monoisotopic (exact) mass is 278 g/mol. The summed E-state index contributed by atoms with van der Waals surface area (Å²) in [4.78, 5) is 2.44. The van der Waals surface area contributed by atoms with Crippen LogP contribution in [0.1, 0.15) is 37.8 Å². The number of likely N-dealkylation sites (N-methyl/N-ethyl adjacent to an activating group) is 2. The molecule has 0 radical (unpaired) electrons. The molecule has 3 heteroatoms. The number of methoxy groups -OCH3 is 1. The van der Waals surface area contributed by atoms with Gasteiger partial charge in [-0.1, -0.05) is 38.1 Å². The van der Waals surface area contributed by atoms with Crippen molar-refractivity contribution in [3.8, 4) is 0 Å². The predicted molar refractivity (Wildman–Crippen MR) is 86.2 cm³/mol. The Bertz CT molecular complexity index is 364. The molecule has 1 rings (SSSR count). The Morgan fingerprint density at radius 1 is 1.20 bits per heavy atom. The van der Waals surface area contributed by atoms with Crippen molar-refractivity contribution in [3.63, 3.8) is 0 Å². The lowest BCUT2D eigenvalue weighted by atomic mass is 9.99. The maximum atomic E-state index is 5.25. The third-order valence-corrected chi connectivity index (χ3v) is 3.88. The lowest BCUT2D eigenvalue weighted by Gasteiger charge is -2.27. The van der Waals surface area contributed by atoms with Crippen molar-refractivity contribution in [1.82, 2.24) is 10.2 Å². The number of ether oxygens (including phenoxy) is 1. The van der Waals surface area contributed by atoms with Gasteiger partial charge in [-0.2, -0.15) is 0 Å². The van der Waals surface area contributed by atoms with E-state index >= 15 is 0 Å². The molecule has 3 nitrogen and oxygen atoms in total. The highest BCUT2D eigenvalue weighted by atomic mass is 16.5. The van der Waals surface area contributed by atoms with Gasteiger partial charge in [-0.05, 0) is 37.6 Å². The maximum absolute atomic E-state index is 5.25. The third kappa shape index (κ3) is 5.23. The lowest BCUT2D eigenvalue weighted by molar-refractivity contribution is 0.0982. The molecular formula is C17H30N2O. The number of benzene rings is 1. The predicted octanol–water partition coefficient (Wildman–Crippen LogP) is 2.87. The van der Waals surface area contributed by atoms with E-state index in [2.05, 4.69) is 55.3 Å². The van der Waals surface area contributed by atoms with Crippen LogP contribution in [0.15, 0.2) is 24.3 Å². The van der Waals surface area contributed by atoms with Gasteiger partial charge in [0.1, 0.15) is 0 Å². The highest BCUT2D eigenvalue weighted by molar-refractivity contribution is 5.25. The molecule has 0 fully saturated rings. The summed E-state index contributed by atoms with van der Waals surface area (Å²) in [6.07, 6.45) is 0. The molecule has 2 atom stereocenters. The molecule has 0 aliphatic carbocycles. The normalized spacial score (nSPS) is 14.5. The second-order valence-corrected chi connectivity index (χ2v) is 5.57. The first-order valence-electron chi connectivity index (χ1n) is 7.58. The van der Waals surface area contributed by atoms with E-state index < -0.39 is 0 Å². The van der Waals surface area contributed by atoms with Crippen molar-refractivity contribution in [3.05, 3.63) is 35.4 Å². The Kier molecular flexibility index (Phi) is 7.82. The van der Waals surface area contributed by atoms with Crippen LogP contribution in [-0.2, 0) is 11.3 Å². The Balaban J connectivity index is 2.63. The summed E-state index contributed by atoms with van der Waals surface area (Å²) >= 11 is 0. The van der Waals surface area contributed by atoms with Crippen LogP contribution in [0.25, 0.3) is 0 Å². The molecule has 0 amide bonds. The molecule has 0 bridgehead atoms. The number of nitrogens with one attached hydrogen (secondary N) is 1. The Hall–Kier alpha value is -0.900. The van der Waals surface area contributed by atoms with Crippen molar-refractivity contribution < 1.29 is 4.74 Å². The second kappa shape index (κ2) is 9.11. The van der Waals surface area contributed by atoms with E-state index in [1.54, 1.807) is 7.11 Å². The molecule has 0 aromatic heterocycles. The zero-order chi connectivity index (χ0) is 15.0. The quantitative estimate of drug-likeness (QED) is 0.752. The average Bonchev–Trinajstić information content (AvgIpc) is 2.45. The van der Waals surface area contributed by atoms with Crippen LogP contribution < -0.4 is 5.32 Å². The minimum atomic E-state index is 0.452. The molecule has 0 spiro atoms. The third-order valence-electron chi connectivity index (χ3n) is 3.88. The summed E-state index contributed by atoms with van der Waals surface area (Å²) < 4.78 is 5.25. The largest absolute Gasteiger partial charge is 0.383 e. The van der Waals surface area contributed by atoms with Crippen molar-refractivity contribution in [2.24, 2.45) is 0 Å². The van der Waals surface area contributed by atoms with Crippen LogP contribution >= 0.6 is 0 Å². The van der Waals surface area contributed by atoms with Gasteiger partial charge in [0.05, 0.1) is 6.61 Å². The van der Waals surface area contributed by atoms with Gasteiger partial charge in [0.2, 0.25) is 0 Å². The number of nitrogens with zero attached hydrogens (tertiary/aromatic N) is 1. The highest BCUT2D eigenvalue weighted by Crippen LogP contribution is 2.16. The van der Waals surface area contributed by atoms with Crippen LogP contribution in [-0.4, -0.2) is 44.8 Å². The van der Waals surface area contributed by atoms with E-state index in [1.165, 1.54) is 11.1 Å². The Morgan fingerprint density at radius 2 is 1.85 bits per heavy atom. The van der Waals surface area contributed by atoms with Gasteiger partial charge in [-0.25, -0.2) is 0 Å². The SMILES string of the molecule is CCN(Cc1ccc(C(C)CNC)cc1)C(C)COC. The van der Waals surface area contributed by atoms with E-state index in [1.807, 2.05) is 7.05 Å². The zero-order valence-corrected chi connectivity index (χ0v) is 13.6. The Labute approximate surface area is 124 Å². The minimum absolute atomic E-state index is 0.452. The van der Waals surface area contributed by atoms with E-state index in [0.29, 0.717) is 12.0 Å². The molecule has 2 unspecified atom stereocenters. The summed E-state index contributed by atoms with van der Waals surface area (Å²) in [6, 6.07) is 9.47. The summed E-state index contributed by atoms with van der Waals surface area (Å²) in [7, 11) is 3.77. The summed E-state index contributed by atoms with van der Waals surface area (Å²) in [5.41, 5.74) is 2.77. The molecule has 114 valence electrons. The van der Waals surface area contributed by atoms with E-state index in [-0.39, 0.29) is 0 Å². The van der Waals surface area contributed by atoms with Crippen LogP contribution in [0.3, 0.4) is 0 Å². The molecule has 1 aromatic rings. The van der Waals surface area contributed by atoms with Crippen LogP contribution in [0.2, 0.25) is 0 Å². The fourth-order valence-corrected chi connectivity index (χ4v) is 2.54. The molecule has 20 heavy (non-hydrogen) atoms. The van der Waals surface area contributed by atoms with Crippen LogP contribution in [0.5, 0.6) is 0 Å². The molecule has 0 aliphatic heterocycles. The minimum Gasteiger partial charge on any atom is -0.383 e. The van der Waals surface area contributed by atoms with E-state index in [4.69, 9.17) is 4.74 Å². The van der Waals surface area contributed by atoms with Crippen LogP contribution in [0.4, 0.5) is 0 Å². The maximum Gasteiger partial charge on any atom is 0.0615 e. The second-order valence-electron chi connectivity index (χ2n) is 5.57. The van der Waals surface area contributed by atoms with Crippen molar-refractivity contribution >= 4 is 0 Å². The van der Waals surface area contributed by atoms with Crippen molar-refractivity contribution in [2.75, 3.05) is 33.9 Å². The standard InChI is InChI=1S/C17H30N2O/c1-6-19(15(3)13-20-5)12-16-7-9-17(10-8-16)14(2)11-18-4/h7-10,14-15,18H,6,11-13H2,1-5H3. The fourth-order valence-electron chi connectivity index (χ4n) is 2.54. The van der Waals surface area contributed by atoms with Gasteiger partial charge < -0.3 is 10.1 Å². The summed E-state index contributed by atoms with van der Waals surface area (Å²) in [5.74, 6) is 0.559. The Morgan fingerprint density at radius 3 is 2.35 bits per heavy atom. The van der Waals surface area contributed by atoms with E-state index in [0.717, 1.165) is 26.2 Å².